The van der Waals surface area contributed by atoms with Gasteiger partial charge in [0.05, 0.1) is 5.92 Å². The molecule has 2 heterocycles. The molecule has 0 N–H and O–H groups in total. The summed E-state index contributed by atoms with van der Waals surface area (Å²) in [6, 6.07) is 0. The van der Waals surface area contributed by atoms with Crippen LogP contribution in [-0.2, 0) is 9.53 Å². The van der Waals surface area contributed by atoms with E-state index in [1.54, 1.807) is 0 Å². The van der Waals surface area contributed by atoms with Crippen LogP contribution in [0.25, 0.3) is 0 Å². The van der Waals surface area contributed by atoms with Gasteiger partial charge in [0.2, 0.25) is 0 Å². The van der Waals surface area contributed by atoms with Gasteiger partial charge in [-0.15, -0.1) is 0 Å². The van der Waals surface area contributed by atoms with Gasteiger partial charge in [-0.05, 0) is 68.7 Å². The average Bonchev–Trinajstić information content (AvgIpc) is 2.80. The molecule has 134 valence electrons. The van der Waals surface area contributed by atoms with Crippen LogP contribution in [-0.4, -0.2) is 36.6 Å². The zero-order chi connectivity index (χ0) is 16.9. The molecule has 3 heteroatoms. The molecule has 24 heavy (non-hydrogen) atoms. The first kappa shape index (κ1) is 16.6. The van der Waals surface area contributed by atoms with Crippen LogP contribution >= 0.6 is 0 Å². The fourth-order valence-corrected chi connectivity index (χ4v) is 6.20. The van der Waals surface area contributed by atoms with Gasteiger partial charge in [-0.25, -0.2) is 0 Å². The van der Waals surface area contributed by atoms with Crippen molar-refractivity contribution in [1.82, 2.24) is 4.90 Å². The van der Waals surface area contributed by atoms with Crippen molar-refractivity contribution < 1.29 is 9.53 Å². The Hall–Kier alpha value is -0.830. The highest BCUT2D eigenvalue weighted by Gasteiger charge is 2.55. The zero-order valence-electron chi connectivity index (χ0n) is 15.4. The summed E-state index contributed by atoms with van der Waals surface area (Å²) in [6.07, 6.45) is 8.65. The van der Waals surface area contributed by atoms with Gasteiger partial charge in [0.1, 0.15) is 6.10 Å². The summed E-state index contributed by atoms with van der Waals surface area (Å²) in [5, 5.41) is 0. The third-order valence-corrected chi connectivity index (χ3v) is 7.52. The molecule has 2 saturated heterocycles. The van der Waals surface area contributed by atoms with Crippen LogP contribution in [0.1, 0.15) is 58.8 Å². The third-order valence-electron chi connectivity index (χ3n) is 7.52. The number of rotatable bonds is 2. The van der Waals surface area contributed by atoms with Gasteiger partial charge >= 0.3 is 5.97 Å². The number of piperidine rings is 1. The number of ether oxygens (including phenoxy) is 1. The van der Waals surface area contributed by atoms with Gasteiger partial charge in [-0.1, -0.05) is 26.0 Å². The second-order valence-corrected chi connectivity index (χ2v) is 9.41. The fourth-order valence-electron chi connectivity index (χ4n) is 6.20. The van der Waals surface area contributed by atoms with Crippen molar-refractivity contribution in [3.05, 3.63) is 12.2 Å². The summed E-state index contributed by atoms with van der Waals surface area (Å²) in [5.41, 5.74) is 1.75. The molecule has 4 fully saturated rings. The lowest BCUT2D eigenvalue weighted by Crippen LogP contribution is -2.46. The first-order valence-electron chi connectivity index (χ1n) is 10.1. The Morgan fingerprint density at radius 2 is 2.21 bits per heavy atom. The van der Waals surface area contributed by atoms with Crippen molar-refractivity contribution in [2.24, 2.45) is 29.1 Å². The molecule has 0 unspecified atom stereocenters. The Morgan fingerprint density at radius 3 is 3.00 bits per heavy atom. The second kappa shape index (κ2) is 6.16. The maximum absolute atomic E-state index is 12.6. The molecule has 2 aliphatic carbocycles. The number of nitrogens with zero attached hydrogens (tertiary/aromatic N) is 1. The molecule has 0 radical (unpaired) electrons. The smallest absolute Gasteiger partial charge is 0.310 e. The Kier molecular flexibility index (Phi) is 4.27. The number of esters is 1. The van der Waals surface area contributed by atoms with Gasteiger partial charge < -0.3 is 9.64 Å². The van der Waals surface area contributed by atoms with Crippen LogP contribution in [0.4, 0.5) is 0 Å². The Bertz CT molecular complexity index is 530. The highest BCUT2D eigenvalue weighted by Crippen LogP contribution is 2.56. The van der Waals surface area contributed by atoms with Crippen LogP contribution in [0.5, 0.6) is 0 Å². The SMILES string of the molecule is C=C1CCC[C@@]2(C)C[C@@H]3OC(=O)[C@@H](CN4CCC[C@@H](C)C4)[C@H]3C[C@H]12. The first-order valence-corrected chi connectivity index (χ1v) is 10.1. The van der Waals surface area contributed by atoms with E-state index in [0.29, 0.717) is 17.3 Å². The monoisotopic (exact) mass is 331 g/mol. The van der Waals surface area contributed by atoms with Crippen LogP contribution in [0.15, 0.2) is 12.2 Å². The Morgan fingerprint density at radius 1 is 1.38 bits per heavy atom. The first-order chi connectivity index (χ1) is 11.5. The van der Waals surface area contributed by atoms with Crippen LogP contribution in [0, 0.1) is 29.1 Å². The van der Waals surface area contributed by atoms with Crippen molar-refractivity contribution >= 4 is 5.97 Å². The molecular formula is C21H33NO2. The molecular weight excluding hydrogens is 298 g/mol. The summed E-state index contributed by atoms with van der Waals surface area (Å²) in [5.74, 6) is 1.96. The molecule has 2 saturated carbocycles. The van der Waals surface area contributed by atoms with Gasteiger partial charge in [-0.2, -0.15) is 0 Å². The molecule has 4 rings (SSSR count). The Balaban J connectivity index is 1.49. The molecule has 2 aliphatic heterocycles. The lowest BCUT2D eigenvalue weighted by molar-refractivity contribution is -0.146. The third kappa shape index (κ3) is 2.83. The summed E-state index contributed by atoms with van der Waals surface area (Å²) < 4.78 is 5.90. The molecule has 0 aromatic heterocycles. The van der Waals surface area contributed by atoms with Crippen molar-refractivity contribution in [3.63, 3.8) is 0 Å². The fraction of sp³-hybridized carbons (Fsp3) is 0.857. The molecule has 0 amide bonds. The summed E-state index contributed by atoms with van der Waals surface area (Å²) >= 11 is 0. The van der Waals surface area contributed by atoms with Gasteiger partial charge in [-0.3, -0.25) is 4.79 Å². The number of hydrogen-bond donors (Lipinski definition) is 0. The van der Waals surface area contributed by atoms with Gasteiger partial charge in [0.25, 0.3) is 0 Å². The van der Waals surface area contributed by atoms with Crippen LogP contribution < -0.4 is 0 Å². The standard InChI is InChI=1S/C21H33NO2/c1-14-6-5-9-22(12-14)13-17-16-10-18-15(2)7-4-8-21(18,3)11-19(16)24-20(17)23/h14,16-19H,2,4-13H2,1,3H3/t14-,16-,17+,18-,19+,21+/m1/s1. The van der Waals surface area contributed by atoms with Crippen LogP contribution in [0.3, 0.4) is 0 Å². The lowest BCUT2D eigenvalue weighted by Gasteiger charge is -2.50. The van der Waals surface area contributed by atoms with E-state index in [9.17, 15) is 4.79 Å². The van der Waals surface area contributed by atoms with E-state index >= 15 is 0 Å². The van der Waals surface area contributed by atoms with Gasteiger partial charge in [0, 0.05) is 19.0 Å². The lowest BCUT2D eigenvalue weighted by atomic mass is 9.55. The number of fused-ring (bicyclic) bond motifs is 2. The molecule has 0 aromatic rings. The van der Waals surface area contributed by atoms with Gasteiger partial charge in [0.15, 0.2) is 0 Å². The predicted molar refractivity (Wildman–Crippen MR) is 95.5 cm³/mol. The van der Waals surface area contributed by atoms with E-state index < -0.39 is 0 Å². The van der Waals surface area contributed by atoms with E-state index in [2.05, 4.69) is 25.3 Å². The minimum atomic E-state index is 0.0797. The molecule has 3 nitrogen and oxygen atoms in total. The quantitative estimate of drug-likeness (QED) is 0.565. The topological polar surface area (TPSA) is 29.5 Å². The molecule has 4 aliphatic rings. The van der Waals surface area contributed by atoms with E-state index in [-0.39, 0.29) is 18.0 Å². The van der Waals surface area contributed by atoms with Crippen molar-refractivity contribution in [3.8, 4) is 0 Å². The zero-order valence-corrected chi connectivity index (χ0v) is 15.4. The number of carbonyl (C=O) groups excluding carboxylic acids is 1. The van der Waals surface area contributed by atoms with E-state index in [1.165, 1.54) is 37.7 Å². The largest absolute Gasteiger partial charge is 0.462 e. The number of allylic oxidation sites excluding steroid dienone is 1. The Labute approximate surface area is 146 Å². The second-order valence-electron chi connectivity index (χ2n) is 9.41. The minimum absolute atomic E-state index is 0.0797. The predicted octanol–water partition coefficient (Wildman–Crippen LogP) is 4.03. The van der Waals surface area contributed by atoms with E-state index in [4.69, 9.17) is 4.74 Å². The highest BCUT2D eigenvalue weighted by molar-refractivity contribution is 5.75. The van der Waals surface area contributed by atoms with Crippen molar-refractivity contribution in [2.45, 2.75) is 64.9 Å². The van der Waals surface area contributed by atoms with Crippen molar-refractivity contribution in [1.29, 1.82) is 0 Å². The number of likely N-dealkylation sites (tertiary alicyclic amines) is 1. The minimum Gasteiger partial charge on any atom is -0.462 e. The maximum Gasteiger partial charge on any atom is 0.310 e. The number of carbonyl (C=O) groups is 1. The summed E-state index contributed by atoms with van der Waals surface area (Å²) in [6.45, 7) is 12.4. The summed E-state index contributed by atoms with van der Waals surface area (Å²) in [4.78, 5) is 15.1. The van der Waals surface area contributed by atoms with Crippen LogP contribution in [0.2, 0.25) is 0 Å². The average molecular weight is 332 g/mol. The summed E-state index contributed by atoms with van der Waals surface area (Å²) in [7, 11) is 0. The van der Waals surface area contributed by atoms with E-state index in [1.807, 2.05) is 0 Å². The normalized spacial score (nSPS) is 46.3. The number of hydrogen-bond acceptors (Lipinski definition) is 3. The maximum atomic E-state index is 12.6. The van der Waals surface area contributed by atoms with Crippen molar-refractivity contribution in [2.75, 3.05) is 19.6 Å². The molecule has 6 atom stereocenters. The molecule has 0 aromatic carbocycles. The highest BCUT2D eigenvalue weighted by atomic mass is 16.6. The molecule has 0 bridgehead atoms. The van der Waals surface area contributed by atoms with E-state index in [0.717, 1.165) is 38.4 Å². The molecule has 0 spiro atoms.